The van der Waals surface area contributed by atoms with Gasteiger partial charge in [0.05, 0.1) is 0 Å². The fourth-order valence-corrected chi connectivity index (χ4v) is 5.71. The van der Waals surface area contributed by atoms with Gasteiger partial charge in [0.25, 0.3) is 0 Å². The minimum atomic E-state index is -0.288. The van der Waals surface area contributed by atoms with Crippen molar-refractivity contribution >= 4 is 11.8 Å². The Bertz CT molecular complexity index is 637. The molecule has 3 N–H and O–H groups in total. The molecule has 0 radical (unpaired) electrons. The SMILES string of the molecule is CCCCCCCC/C=C\CCCCCCCC(=O)NC(CCNC)NC(=O)CCCCCCC/C=C\CCCCCCCC. The number of rotatable bonds is 35. The lowest BCUT2D eigenvalue weighted by atomic mass is 10.1. The van der Waals surface area contributed by atoms with Crippen molar-refractivity contribution in [2.75, 3.05) is 13.6 Å². The van der Waals surface area contributed by atoms with Crippen LogP contribution in [0.5, 0.6) is 0 Å². The molecular weight excluding hydrogens is 554 g/mol. The third-order valence-corrected chi connectivity index (χ3v) is 8.68. The van der Waals surface area contributed by atoms with Crippen LogP contribution in [-0.4, -0.2) is 31.6 Å². The highest BCUT2D eigenvalue weighted by Gasteiger charge is 2.14. The molecule has 0 aromatic carbocycles. The highest BCUT2D eigenvalue weighted by molar-refractivity contribution is 5.79. The summed E-state index contributed by atoms with van der Waals surface area (Å²) in [4.78, 5) is 25.1. The summed E-state index contributed by atoms with van der Waals surface area (Å²) in [7, 11) is 1.90. The van der Waals surface area contributed by atoms with E-state index in [0.717, 1.165) is 32.2 Å². The van der Waals surface area contributed by atoms with E-state index in [2.05, 4.69) is 54.1 Å². The molecule has 45 heavy (non-hydrogen) atoms. The van der Waals surface area contributed by atoms with Crippen molar-refractivity contribution in [2.45, 2.75) is 206 Å². The third-order valence-electron chi connectivity index (χ3n) is 8.68. The number of hydrogen-bond acceptors (Lipinski definition) is 3. The fourth-order valence-electron chi connectivity index (χ4n) is 5.71. The predicted octanol–water partition coefficient (Wildman–Crippen LogP) is 11.2. The summed E-state index contributed by atoms with van der Waals surface area (Å²) in [6.07, 6.45) is 43.5. The van der Waals surface area contributed by atoms with Gasteiger partial charge in [-0.15, -0.1) is 0 Å². The molecule has 0 unspecified atom stereocenters. The monoisotopic (exact) mass is 632 g/mol. The quantitative estimate of drug-likeness (QED) is 0.0370. The van der Waals surface area contributed by atoms with Crippen molar-refractivity contribution in [1.29, 1.82) is 0 Å². The molecular formula is C40H77N3O2. The zero-order valence-electron chi connectivity index (χ0n) is 30.4. The summed E-state index contributed by atoms with van der Waals surface area (Å²) in [6, 6.07) is 0. The van der Waals surface area contributed by atoms with E-state index in [9.17, 15) is 9.59 Å². The van der Waals surface area contributed by atoms with Gasteiger partial charge in [0.15, 0.2) is 0 Å². The lowest BCUT2D eigenvalue weighted by Gasteiger charge is -2.20. The van der Waals surface area contributed by atoms with Gasteiger partial charge in [0.2, 0.25) is 11.8 Å². The molecule has 0 aliphatic rings. The minimum absolute atomic E-state index is 0.0510. The molecule has 2 amide bonds. The number of carbonyl (C=O) groups is 2. The van der Waals surface area contributed by atoms with Gasteiger partial charge in [-0.25, -0.2) is 0 Å². The molecule has 0 spiro atoms. The number of carbonyl (C=O) groups excluding carboxylic acids is 2. The van der Waals surface area contributed by atoms with Gasteiger partial charge < -0.3 is 16.0 Å². The number of hydrogen-bond donors (Lipinski definition) is 3. The molecule has 0 aromatic rings. The maximum Gasteiger partial charge on any atom is 0.221 e. The van der Waals surface area contributed by atoms with Crippen LogP contribution in [0.3, 0.4) is 0 Å². The molecule has 0 fully saturated rings. The summed E-state index contributed by atoms with van der Waals surface area (Å²) >= 11 is 0. The van der Waals surface area contributed by atoms with Gasteiger partial charge in [0, 0.05) is 12.8 Å². The Morgan fingerprint density at radius 2 is 0.778 bits per heavy atom. The van der Waals surface area contributed by atoms with E-state index < -0.39 is 0 Å². The maximum absolute atomic E-state index is 12.5. The molecule has 264 valence electrons. The molecule has 0 aliphatic carbocycles. The van der Waals surface area contributed by atoms with Crippen LogP contribution in [0.25, 0.3) is 0 Å². The smallest absolute Gasteiger partial charge is 0.221 e. The molecule has 5 heteroatoms. The maximum atomic E-state index is 12.5. The molecule has 0 aromatic heterocycles. The standard InChI is InChI=1S/C40H77N3O2/c1-4-6-8-10-12-14-16-18-20-22-24-26-28-30-32-34-39(44)42-38(36-37-41-3)43-40(45)35-33-31-29-27-25-23-21-19-17-15-13-11-9-7-5-2/h18-21,38,41H,4-17,22-37H2,1-3H3,(H,42,44)(H,43,45)/b20-18-,21-19-. The lowest BCUT2D eigenvalue weighted by molar-refractivity contribution is -0.124. The first-order valence-corrected chi connectivity index (χ1v) is 19.7. The second-order valence-electron chi connectivity index (χ2n) is 13.2. The van der Waals surface area contributed by atoms with Crippen LogP contribution in [0.4, 0.5) is 0 Å². The van der Waals surface area contributed by atoms with Crippen LogP contribution < -0.4 is 16.0 Å². The first-order chi connectivity index (χ1) is 22.1. The predicted molar refractivity (Wildman–Crippen MR) is 198 cm³/mol. The van der Waals surface area contributed by atoms with E-state index in [1.807, 2.05) is 7.05 Å². The highest BCUT2D eigenvalue weighted by Crippen LogP contribution is 2.12. The first kappa shape index (κ1) is 43.4. The third kappa shape index (κ3) is 35.1. The summed E-state index contributed by atoms with van der Waals surface area (Å²) in [5, 5.41) is 9.25. The van der Waals surface area contributed by atoms with Crippen molar-refractivity contribution in [3.63, 3.8) is 0 Å². The van der Waals surface area contributed by atoms with Crippen LogP contribution in [0.1, 0.15) is 200 Å². The van der Waals surface area contributed by atoms with Gasteiger partial charge in [-0.05, 0) is 84.2 Å². The van der Waals surface area contributed by atoms with Crippen LogP contribution in [-0.2, 0) is 9.59 Å². The Kier molecular flexibility index (Phi) is 35.5. The van der Waals surface area contributed by atoms with Gasteiger partial charge >= 0.3 is 0 Å². The summed E-state index contributed by atoms with van der Waals surface area (Å²) in [6.45, 7) is 5.30. The van der Waals surface area contributed by atoms with Gasteiger partial charge in [-0.1, -0.05) is 141 Å². The Hall–Kier alpha value is -1.62. The molecule has 0 saturated heterocycles. The van der Waals surface area contributed by atoms with Crippen LogP contribution in [0.15, 0.2) is 24.3 Å². The van der Waals surface area contributed by atoms with Gasteiger partial charge in [0.1, 0.15) is 6.17 Å². The Morgan fingerprint density at radius 3 is 1.11 bits per heavy atom. The van der Waals surface area contributed by atoms with E-state index in [0.29, 0.717) is 19.3 Å². The van der Waals surface area contributed by atoms with Gasteiger partial charge in [-0.3, -0.25) is 9.59 Å². The normalized spacial score (nSPS) is 11.7. The summed E-state index contributed by atoms with van der Waals surface area (Å²) < 4.78 is 0. The molecule has 5 nitrogen and oxygen atoms in total. The Balaban J connectivity index is 3.79. The van der Waals surface area contributed by atoms with Crippen molar-refractivity contribution in [3.05, 3.63) is 24.3 Å². The zero-order chi connectivity index (χ0) is 32.9. The van der Waals surface area contributed by atoms with Crippen molar-refractivity contribution in [3.8, 4) is 0 Å². The summed E-state index contributed by atoms with van der Waals surface area (Å²) in [5.41, 5.74) is 0. The van der Waals surface area contributed by atoms with Crippen molar-refractivity contribution in [2.24, 2.45) is 0 Å². The van der Waals surface area contributed by atoms with Crippen molar-refractivity contribution < 1.29 is 9.59 Å². The highest BCUT2D eigenvalue weighted by atomic mass is 16.2. The lowest BCUT2D eigenvalue weighted by Crippen LogP contribution is -2.49. The Morgan fingerprint density at radius 1 is 0.467 bits per heavy atom. The van der Waals surface area contributed by atoms with E-state index >= 15 is 0 Å². The largest absolute Gasteiger partial charge is 0.336 e. The van der Waals surface area contributed by atoms with Crippen molar-refractivity contribution in [1.82, 2.24) is 16.0 Å². The van der Waals surface area contributed by atoms with E-state index in [1.165, 1.54) is 141 Å². The number of allylic oxidation sites excluding steroid dienone is 4. The molecule has 0 saturated carbocycles. The van der Waals surface area contributed by atoms with E-state index in [-0.39, 0.29) is 18.0 Å². The average Bonchev–Trinajstić information content (AvgIpc) is 3.03. The topological polar surface area (TPSA) is 70.2 Å². The van der Waals surface area contributed by atoms with E-state index in [4.69, 9.17) is 0 Å². The second kappa shape index (κ2) is 36.8. The Labute approximate surface area is 281 Å². The number of amides is 2. The number of unbranched alkanes of at least 4 members (excludes halogenated alkanes) is 22. The molecule has 0 rings (SSSR count). The fraction of sp³-hybridized carbons (Fsp3) is 0.850. The van der Waals surface area contributed by atoms with Gasteiger partial charge in [-0.2, -0.15) is 0 Å². The number of nitrogens with one attached hydrogen (secondary N) is 3. The van der Waals surface area contributed by atoms with Crippen LogP contribution in [0, 0.1) is 0 Å². The molecule has 0 bridgehead atoms. The minimum Gasteiger partial charge on any atom is -0.336 e. The van der Waals surface area contributed by atoms with Crippen LogP contribution in [0.2, 0.25) is 0 Å². The molecule has 0 heterocycles. The second-order valence-corrected chi connectivity index (χ2v) is 13.2. The molecule has 0 atom stereocenters. The first-order valence-electron chi connectivity index (χ1n) is 19.7. The zero-order valence-corrected chi connectivity index (χ0v) is 30.4. The van der Waals surface area contributed by atoms with Crippen LogP contribution >= 0.6 is 0 Å². The average molecular weight is 632 g/mol. The molecule has 0 aliphatic heterocycles. The van der Waals surface area contributed by atoms with E-state index in [1.54, 1.807) is 0 Å². The summed E-state index contributed by atoms with van der Waals surface area (Å²) in [5.74, 6) is 0.102.